The van der Waals surface area contributed by atoms with Crippen molar-refractivity contribution in [3.05, 3.63) is 29.3 Å². The highest BCUT2D eigenvalue weighted by Crippen LogP contribution is 2.23. The molecule has 2 aromatic heterocycles. The van der Waals surface area contributed by atoms with Crippen molar-refractivity contribution in [2.45, 2.75) is 52.2 Å². The van der Waals surface area contributed by atoms with Crippen LogP contribution in [-0.4, -0.2) is 55.8 Å². The minimum absolute atomic E-state index is 0.222. The molecular formula is C17H26N6O2. The number of hydrogen-bond donors (Lipinski definition) is 0. The highest BCUT2D eigenvalue weighted by molar-refractivity contribution is 5.86. The van der Waals surface area contributed by atoms with Crippen LogP contribution in [-0.2, 0) is 11.3 Å². The lowest BCUT2D eigenvalue weighted by molar-refractivity contribution is 0.0594. The summed E-state index contributed by atoms with van der Waals surface area (Å²) < 4.78 is 8.51. The van der Waals surface area contributed by atoms with E-state index in [0.29, 0.717) is 6.04 Å². The Morgan fingerprint density at radius 3 is 2.88 bits per heavy atom. The Balaban J connectivity index is 1.67. The van der Waals surface area contributed by atoms with Gasteiger partial charge in [0.25, 0.3) is 0 Å². The van der Waals surface area contributed by atoms with Gasteiger partial charge >= 0.3 is 5.97 Å². The van der Waals surface area contributed by atoms with Crippen molar-refractivity contribution in [1.82, 2.24) is 29.7 Å². The minimum Gasteiger partial charge on any atom is -0.464 e. The number of methoxy groups -OCH3 is 1. The first-order valence-corrected chi connectivity index (χ1v) is 8.75. The van der Waals surface area contributed by atoms with Gasteiger partial charge < -0.3 is 4.74 Å². The lowest BCUT2D eigenvalue weighted by atomic mass is 10.1. The third-order valence-corrected chi connectivity index (χ3v) is 4.70. The van der Waals surface area contributed by atoms with E-state index in [-0.39, 0.29) is 11.7 Å². The smallest absolute Gasteiger partial charge is 0.360 e. The van der Waals surface area contributed by atoms with Gasteiger partial charge in [0.2, 0.25) is 0 Å². The Kier molecular flexibility index (Phi) is 5.17. The zero-order valence-electron chi connectivity index (χ0n) is 15.3. The van der Waals surface area contributed by atoms with Crippen LogP contribution >= 0.6 is 0 Å². The van der Waals surface area contributed by atoms with Gasteiger partial charge in [-0.2, -0.15) is 5.10 Å². The van der Waals surface area contributed by atoms with Crippen molar-refractivity contribution in [3.8, 4) is 0 Å². The van der Waals surface area contributed by atoms with E-state index in [1.54, 1.807) is 10.9 Å². The average Bonchev–Trinajstić information content (AvgIpc) is 3.22. The number of aryl methyl sites for hydroxylation is 1. The molecule has 1 aliphatic rings. The number of carbonyl (C=O) groups is 1. The zero-order valence-corrected chi connectivity index (χ0v) is 15.3. The van der Waals surface area contributed by atoms with Gasteiger partial charge in [-0.05, 0) is 40.2 Å². The van der Waals surface area contributed by atoms with Crippen molar-refractivity contribution in [2.75, 3.05) is 20.2 Å². The van der Waals surface area contributed by atoms with E-state index in [0.717, 1.165) is 38.2 Å². The fourth-order valence-corrected chi connectivity index (χ4v) is 3.22. The summed E-state index contributed by atoms with van der Waals surface area (Å²) in [5, 5.41) is 12.6. The Morgan fingerprint density at radius 1 is 1.40 bits per heavy atom. The molecule has 1 fully saturated rings. The Bertz CT molecular complexity index is 735. The number of hydrogen-bond acceptors (Lipinski definition) is 6. The van der Waals surface area contributed by atoms with Crippen LogP contribution in [0, 0.1) is 6.92 Å². The second kappa shape index (κ2) is 7.35. The molecule has 0 aliphatic carbocycles. The van der Waals surface area contributed by atoms with Gasteiger partial charge in [-0.1, -0.05) is 5.21 Å². The molecular weight excluding hydrogens is 320 g/mol. The van der Waals surface area contributed by atoms with Crippen LogP contribution in [0.15, 0.2) is 12.4 Å². The molecule has 0 amide bonds. The standard InChI is InChI=1S/C17H26N6O2/c1-12(2)22-9-14(13(3)19-22)8-21-7-5-6-15(10-21)23-11-16(18-20-23)17(24)25-4/h9,11-12,15H,5-8,10H2,1-4H3. The normalized spacial score (nSPS) is 18.7. The van der Waals surface area contributed by atoms with Crippen LogP contribution in [0.25, 0.3) is 0 Å². The first kappa shape index (κ1) is 17.6. The molecule has 1 saturated heterocycles. The Labute approximate surface area is 147 Å². The molecule has 3 rings (SSSR count). The summed E-state index contributed by atoms with van der Waals surface area (Å²) in [6.45, 7) is 9.16. The van der Waals surface area contributed by atoms with Gasteiger partial charge in [-0.3, -0.25) is 9.58 Å². The van der Waals surface area contributed by atoms with E-state index in [2.05, 4.69) is 47.3 Å². The monoisotopic (exact) mass is 346 g/mol. The molecule has 8 heteroatoms. The quantitative estimate of drug-likeness (QED) is 0.771. The van der Waals surface area contributed by atoms with Crippen molar-refractivity contribution in [3.63, 3.8) is 0 Å². The minimum atomic E-state index is -0.448. The van der Waals surface area contributed by atoms with Crippen LogP contribution in [0.3, 0.4) is 0 Å². The zero-order chi connectivity index (χ0) is 18.0. The number of ether oxygens (including phenoxy) is 1. The van der Waals surface area contributed by atoms with E-state index in [1.165, 1.54) is 12.7 Å². The van der Waals surface area contributed by atoms with Crippen molar-refractivity contribution in [2.24, 2.45) is 0 Å². The van der Waals surface area contributed by atoms with Crippen LogP contribution < -0.4 is 0 Å². The largest absolute Gasteiger partial charge is 0.464 e. The van der Waals surface area contributed by atoms with Gasteiger partial charge in [-0.15, -0.1) is 5.10 Å². The molecule has 8 nitrogen and oxygen atoms in total. The molecule has 0 N–H and O–H groups in total. The Hall–Kier alpha value is -2.22. The van der Waals surface area contributed by atoms with Crippen LogP contribution in [0.2, 0.25) is 0 Å². The predicted octanol–water partition coefficient (Wildman–Crippen LogP) is 1.99. The molecule has 0 bridgehead atoms. The second-order valence-electron chi connectivity index (χ2n) is 6.92. The van der Waals surface area contributed by atoms with Gasteiger partial charge in [0.05, 0.1) is 25.0 Å². The van der Waals surface area contributed by atoms with Gasteiger partial charge in [0.1, 0.15) is 0 Å². The van der Waals surface area contributed by atoms with Crippen LogP contribution in [0.5, 0.6) is 0 Å². The van der Waals surface area contributed by atoms with Gasteiger partial charge in [0.15, 0.2) is 5.69 Å². The maximum atomic E-state index is 11.6. The molecule has 1 aliphatic heterocycles. The molecule has 1 atom stereocenters. The van der Waals surface area contributed by atoms with E-state index >= 15 is 0 Å². The molecule has 3 heterocycles. The summed E-state index contributed by atoms with van der Waals surface area (Å²) in [5.74, 6) is -0.448. The highest BCUT2D eigenvalue weighted by atomic mass is 16.5. The summed E-state index contributed by atoms with van der Waals surface area (Å²) >= 11 is 0. The van der Waals surface area contributed by atoms with Gasteiger partial charge in [-0.25, -0.2) is 9.48 Å². The summed E-state index contributed by atoms with van der Waals surface area (Å²) in [5.41, 5.74) is 2.61. The molecule has 0 spiro atoms. The summed E-state index contributed by atoms with van der Waals surface area (Å²) in [4.78, 5) is 14.0. The molecule has 0 aromatic carbocycles. The molecule has 0 saturated carbocycles. The number of carbonyl (C=O) groups excluding carboxylic acids is 1. The molecule has 2 aromatic rings. The summed E-state index contributed by atoms with van der Waals surface area (Å²) in [6.07, 6.45) is 5.96. The first-order chi connectivity index (χ1) is 12.0. The molecule has 136 valence electrons. The van der Waals surface area contributed by atoms with Gasteiger partial charge in [0, 0.05) is 30.9 Å². The van der Waals surface area contributed by atoms with E-state index in [4.69, 9.17) is 4.74 Å². The number of esters is 1. The third kappa shape index (κ3) is 3.89. The fourth-order valence-electron chi connectivity index (χ4n) is 3.22. The molecule has 1 unspecified atom stereocenters. The number of nitrogens with zero attached hydrogens (tertiary/aromatic N) is 6. The first-order valence-electron chi connectivity index (χ1n) is 8.75. The van der Waals surface area contributed by atoms with Crippen molar-refractivity contribution in [1.29, 1.82) is 0 Å². The van der Waals surface area contributed by atoms with E-state index in [1.807, 2.05) is 4.68 Å². The second-order valence-corrected chi connectivity index (χ2v) is 6.92. The van der Waals surface area contributed by atoms with Crippen LogP contribution in [0.4, 0.5) is 0 Å². The number of likely N-dealkylation sites (tertiary alicyclic amines) is 1. The number of aromatic nitrogens is 5. The topological polar surface area (TPSA) is 78.1 Å². The van der Waals surface area contributed by atoms with Crippen LogP contribution in [0.1, 0.15) is 60.5 Å². The highest BCUT2D eigenvalue weighted by Gasteiger charge is 2.24. The van der Waals surface area contributed by atoms with Crippen molar-refractivity contribution < 1.29 is 9.53 Å². The summed E-state index contributed by atoms with van der Waals surface area (Å²) in [7, 11) is 1.35. The molecule has 25 heavy (non-hydrogen) atoms. The molecule has 0 radical (unpaired) electrons. The predicted molar refractivity (Wildman–Crippen MR) is 92.3 cm³/mol. The maximum Gasteiger partial charge on any atom is 0.360 e. The number of piperidine rings is 1. The average molecular weight is 346 g/mol. The van der Waals surface area contributed by atoms with E-state index < -0.39 is 5.97 Å². The lowest BCUT2D eigenvalue weighted by Gasteiger charge is -2.32. The maximum absolute atomic E-state index is 11.6. The Morgan fingerprint density at radius 2 is 2.20 bits per heavy atom. The lowest BCUT2D eigenvalue weighted by Crippen LogP contribution is -2.36. The summed E-state index contributed by atoms with van der Waals surface area (Å²) in [6, 6.07) is 0.591. The SMILES string of the molecule is COC(=O)c1cn(C2CCCN(Cc3cn(C(C)C)nc3C)C2)nn1. The third-order valence-electron chi connectivity index (χ3n) is 4.70. The van der Waals surface area contributed by atoms with Crippen molar-refractivity contribution >= 4 is 5.97 Å². The number of rotatable bonds is 5. The fraction of sp³-hybridized carbons (Fsp3) is 0.647. The van der Waals surface area contributed by atoms with E-state index in [9.17, 15) is 4.79 Å².